The Morgan fingerprint density at radius 3 is 2.59 bits per heavy atom. The maximum absolute atomic E-state index is 11.4. The van der Waals surface area contributed by atoms with Gasteiger partial charge in [-0.05, 0) is 25.0 Å². The van der Waals surface area contributed by atoms with Crippen LogP contribution in [0.5, 0.6) is 5.75 Å². The molecule has 1 atom stereocenters. The number of nitrogens with zero attached hydrogens (tertiary/aromatic N) is 1. The summed E-state index contributed by atoms with van der Waals surface area (Å²) >= 11 is 0. The number of aromatic nitrogens is 1. The van der Waals surface area contributed by atoms with Gasteiger partial charge in [-0.3, -0.25) is 4.98 Å². The first-order chi connectivity index (χ1) is 8.14. The van der Waals surface area contributed by atoms with E-state index in [4.69, 9.17) is 4.74 Å². The fraction of sp³-hybridized carbons (Fsp3) is 0.500. The summed E-state index contributed by atoms with van der Waals surface area (Å²) in [4.78, 5) is 15.6. The first-order valence-electron chi connectivity index (χ1n) is 5.40. The van der Waals surface area contributed by atoms with Crippen molar-refractivity contribution in [3.05, 3.63) is 24.0 Å². The van der Waals surface area contributed by atoms with Gasteiger partial charge in [0, 0.05) is 11.1 Å². The average molecular weight is 237 g/mol. The fourth-order valence-corrected chi connectivity index (χ4v) is 1.94. The molecule has 1 fully saturated rings. The third kappa shape index (κ3) is 1.98. The van der Waals surface area contributed by atoms with Crippen molar-refractivity contribution in [3.63, 3.8) is 0 Å². The molecule has 1 aromatic heterocycles. The van der Waals surface area contributed by atoms with E-state index in [1.54, 1.807) is 25.4 Å². The Balaban J connectivity index is 2.23. The Labute approximate surface area is 99.4 Å². The topological polar surface area (TPSA) is 68.7 Å². The summed E-state index contributed by atoms with van der Waals surface area (Å²) < 4.78 is 9.58. The highest BCUT2D eigenvalue weighted by atomic mass is 16.5. The van der Waals surface area contributed by atoms with Gasteiger partial charge < -0.3 is 14.6 Å². The summed E-state index contributed by atoms with van der Waals surface area (Å²) in [5.41, 5.74) is 0.135. The molecule has 0 bridgehead atoms. The number of carbonyl (C=O) groups is 1. The molecule has 5 nitrogen and oxygen atoms in total. The lowest BCUT2D eigenvalue weighted by Gasteiger charge is -2.19. The van der Waals surface area contributed by atoms with Gasteiger partial charge in [0.15, 0.2) is 6.10 Å². The van der Waals surface area contributed by atoms with Crippen LogP contribution >= 0.6 is 0 Å². The van der Waals surface area contributed by atoms with E-state index in [9.17, 15) is 9.90 Å². The Morgan fingerprint density at radius 2 is 2.18 bits per heavy atom. The first-order valence-corrected chi connectivity index (χ1v) is 5.40. The van der Waals surface area contributed by atoms with Gasteiger partial charge in [-0.15, -0.1) is 0 Å². The van der Waals surface area contributed by atoms with Crippen LogP contribution < -0.4 is 4.74 Å². The highest BCUT2D eigenvalue weighted by Gasteiger charge is 2.55. The molecule has 0 aromatic carbocycles. The van der Waals surface area contributed by atoms with Crippen molar-refractivity contribution in [2.45, 2.75) is 24.4 Å². The van der Waals surface area contributed by atoms with Crippen LogP contribution in [0.2, 0.25) is 0 Å². The van der Waals surface area contributed by atoms with E-state index in [0.29, 0.717) is 11.4 Å². The fourth-order valence-electron chi connectivity index (χ4n) is 1.94. The van der Waals surface area contributed by atoms with Gasteiger partial charge >= 0.3 is 5.97 Å². The van der Waals surface area contributed by atoms with Gasteiger partial charge in [-0.2, -0.15) is 0 Å². The number of rotatable bonds is 4. The average Bonchev–Trinajstić information content (AvgIpc) is 3.18. The standard InChI is InChI=1S/C12H15NO4/c1-16-8-3-4-9(13-7-8)12(5-6-12)10(14)11(15)17-2/h3-4,7,10,14H,5-6H2,1-2H3. The second-order valence-corrected chi connectivity index (χ2v) is 4.17. The van der Waals surface area contributed by atoms with E-state index >= 15 is 0 Å². The van der Waals surface area contributed by atoms with E-state index in [-0.39, 0.29) is 0 Å². The quantitative estimate of drug-likeness (QED) is 0.779. The molecule has 5 heteroatoms. The maximum atomic E-state index is 11.4. The molecule has 2 rings (SSSR count). The number of pyridine rings is 1. The van der Waals surface area contributed by atoms with Crippen LogP contribution in [0, 0.1) is 0 Å². The molecule has 0 amide bonds. The van der Waals surface area contributed by atoms with E-state index in [1.165, 1.54) is 7.11 Å². The summed E-state index contributed by atoms with van der Waals surface area (Å²) in [6.07, 6.45) is 1.92. The lowest BCUT2D eigenvalue weighted by Crippen LogP contribution is -2.35. The SMILES string of the molecule is COC(=O)C(O)C1(c2ccc(OC)cn2)CC1. The highest BCUT2D eigenvalue weighted by Crippen LogP contribution is 2.50. The van der Waals surface area contributed by atoms with Crippen molar-refractivity contribution in [1.82, 2.24) is 4.98 Å². The third-order valence-corrected chi connectivity index (χ3v) is 3.22. The van der Waals surface area contributed by atoms with E-state index in [1.807, 2.05) is 0 Å². The van der Waals surface area contributed by atoms with Gasteiger partial charge in [0.2, 0.25) is 0 Å². The number of aliphatic hydroxyl groups is 1. The summed E-state index contributed by atoms with van der Waals surface area (Å²) in [6.45, 7) is 0. The minimum Gasteiger partial charge on any atom is -0.495 e. The second kappa shape index (κ2) is 4.33. The molecular weight excluding hydrogens is 222 g/mol. The number of aliphatic hydroxyl groups excluding tert-OH is 1. The molecule has 1 N–H and O–H groups in total. The van der Waals surface area contributed by atoms with E-state index in [0.717, 1.165) is 12.8 Å². The van der Waals surface area contributed by atoms with Gasteiger partial charge in [-0.1, -0.05) is 0 Å². The smallest absolute Gasteiger partial charge is 0.335 e. The lowest BCUT2D eigenvalue weighted by molar-refractivity contribution is -0.152. The zero-order valence-electron chi connectivity index (χ0n) is 9.84. The van der Waals surface area contributed by atoms with E-state index in [2.05, 4.69) is 9.72 Å². The van der Waals surface area contributed by atoms with Crippen LogP contribution in [0.15, 0.2) is 18.3 Å². The van der Waals surface area contributed by atoms with Crippen LogP contribution in [0.25, 0.3) is 0 Å². The molecular formula is C12H15NO4. The molecule has 1 saturated carbocycles. The monoisotopic (exact) mass is 237 g/mol. The molecule has 0 saturated heterocycles. The summed E-state index contributed by atoms with van der Waals surface area (Å²) in [5, 5.41) is 9.94. The van der Waals surface area contributed by atoms with Crippen LogP contribution in [0.1, 0.15) is 18.5 Å². The zero-order chi connectivity index (χ0) is 12.5. The lowest BCUT2D eigenvalue weighted by atomic mass is 9.94. The molecule has 0 aliphatic heterocycles. The zero-order valence-corrected chi connectivity index (χ0v) is 9.84. The van der Waals surface area contributed by atoms with Crippen molar-refractivity contribution in [1.29, 1.82) is 0 Å². The Bertz CT molecular complexity index is 411. The number of hydrogen-bond donors (Lipinski definition) is 1. The van der Waals surface area contributed by atoms with Crippen molar-refractivity contribution < 1.29 is 19.4 Å². The largest absolute Gasteiger partial charge is 0.495 e. The number of ether oxygens (including phenoxy) is 2. The van der Waals surface area contributed by atoms with Gasteiger partial charge in [0.05, 0.1) is 20.4 Å². The molecule has 1 unspecified atom stereocenters. The van der Waals surface area contributed by atoms with Crippen LogP contribution in [-0.2, 0) is 14.9 Å². The molecule has 0 spiro atoms. The molecule has 1 aromatic rings. The predicted octanol–water partition coefficient (Wildman–Crippen LogP) is 0.656. The van der Waals surface area contributed by atoms with Crippen molar-refractivity contribution in [3.8, 4) is 5.75 Å². The Kier molecular flexibility index (Phi) is 3.02. The minimum absolute atomic E-state index is 0.570. The van der Waals surface area contributed by atoms with Gasteiger partial charge in [0.25, 0.3) is 0 Å². The maximum Gasteiger partial charge on any atom is 0.335 e. The van der Waals surface area contributed by atoms with Gasteiger partial charge in [0.1, 0.15) is 5.75 Å². The van der Waals surface area contributed by atoms with Crippen molar-refractivity contribution in [2.75, 3.05) is 14.2 Å². The Morgan fingerprint density at radius 1 is 1.47 bits per heavy atom. The molecule has 1 heterocycles. The van der Waals surface area contributed by atoms with Gasteiger partial charge in [-0.25, -0.2) is 4.79 Å². The normalized spacial score (nSPS) is 18.3. The van der Waals surface area contributed by atoms with Crippen LogP contribution in [0.3, 0.4) is 0 Å². The molecule has 17 heavy (non-hydrogen) atoms. The predicted molar refractivity (Wildman–Crippen MR) is 59.7 cm³/mol. The van der Waals surface area contributed by atoms with Crippen LogP contribution in [-0.4, -0.2) is 36.4 Å². The van der Waals surface area contributed by atoms with E-state index < -0.39 is 17.5 Å². The first kappa shape index (κ1) is 11.9. The number of esters is 1. The number of methoxy groups -OCH3 is 2. The second-order valence-electron chi connectivity index (χ2n) is 4.17. The number of carbonyl (C=O) groups excluding carboxylic acids is 1. The van der Waals surface area contributed by atoms with Crippen molar-refractivity contribution in [2.24, 2.45) is 0 Å². The molecule has 1 aliphatic rings. The molecule has 92 valence electrons. The highest BCUT2D eigenvalue weighted by molar-refractivity contribution is 5.77. The summed E-state index contributed by atoms with van der Waals surface area (Å²) in [7, 11) is 2.83. The van der Waals surface area contributed by atoms with Crippen molar-refractivity contribution >= 4 is 5.97 Å². The third-order valence-electron chi connectivity index (χ3n) is 3.22. The summed E-state index contributed by atoms with van der Waals surface area (Å²) in [5.74, 6) is 0.0391. The molecule has 0 radical (unpaired) electrons. The summed E-state index contributed by atoms with van der Waals surface area (Å²) in [6, 6.07) is 3.55. The van der Waals surface area contributed by atoms with Crippen LogP contribution in [0.4, 0.5) is 0 Å². The number of hydrogen-bond acceptors (Lipinski definition) is 5. The molecule has 1 aliphatic carbocycles. The minimum atomic E-state index is -1.15. The Hall–Kier alpha value is -1.62.